The lowest BCUT2D eigenvalue weighted by atomic mass is 10.2. The highest BCUT2D eigenvalue weighted by Crippen LogP contribution is 2.32. The van der Waals surface area contributed by atoms with Crippen molar-refractivity contribution in [1.82, 2.24) is 9.97 Å². The molecule has 1 heterocycles. The SMILES string of the molecule is Cc1ccc(S(=O)(=O)C(C#N)c2nc3ccccc3nc2NCc2ccc(F)cc2)cc1. The topological polar surface area (TPSA) is 95.7 Å². The molecule has 4 aromatic rings. The van der Waals surface area contributed by atoms with Gasteiger partial charge in [-0.15, -0.1) is 0 Å². The first-order valence-corrected chi connectivity index (χ1v) is 11.4. The maximum atomic E-state index is 13.3. The van der Waals surface area contributed by atoms with Crippen molar-refractivity contribution in [2.45, 2.75) is 23.6 Å². The minimum atomic E-state index is -4.05. The Morgan fingerprint density at radius 2 is 1.59 bits per heavy atom. The monoisotopic (exact) mass is 446 g/mol. The highest BCUT2D eigenvalue weighted by molar-refractivity contribution is 7.92. The number of para-hydroxylation sites is 2. The molecule has 0 aliphatic carbocycles. The molecule has 8 heteroatoms. The van der Waals surface area contributed by atoms with Crippen LogP contribution in [0.15, 0.2) is 77.7 Å². The maximum Gasteiger partial charge on any atom is 0.200 e. The van der Waals surface area contributed by atoms with E-state index in [0.717, 1.165) is 11.1 Å². The van der Waals surface area contributed by atoms with Crippen LogP contribution < -0.4 is 5.32 Å². The van der Waals surface area contributed by atoms with Crippen LogP contribution in [-0.4, -0.2) is 18.4 Å². The molecule has 160 valence electrons. The van der Waals surface area contributed by atoms with Gasteiger partial charge in [0.15, 0.2) is 11.1 Å². The van der Waals surface area contributed by atoms with Gasteiger partial charge in [0.1, 0.15) is 11.5 Å². The summed E-state index contributed by atoms with van der Waals surface area (Å²) in [5.74, 6) is -0.163. The number of nitriles is 1. The molecular weight excluding hydrogens is 427 g/mol. The van der Waals surface area contributed by atoms with E-state index in [2.05, 4.69) is 15.3 Å². The maximum absolute atomic E-state index is 13.3. The summed E-state index contributed by atoms with van der Waals surface area (Å²) in [6.45, 7) is 2.10. The zero-order valence-electron chi connectivity index (χ0n) is 17.2. The number of rotatable bonds is 6. The molecule has 0 saturated carbocycles. The van der Waals surface area contributed by atoms with Crippen LogP contribution in [0.3, 0.4) is 0 Å². The average Bonchev–Trinajstić information content (AvgIpc) is 2.79. The van der Waals surface area contributed by atoms with E-state index in [1.165, 1.54) is 24.3 Å². The normalized spacial score (nSPS) is 12.3. The number of sulfone groups is 1. The predicted octanol–water partition coefficient (Wildman–Crippen LogP) is 4.73. The van der Waals surface area contributed by atoms with Crippen molar-refractivity contribution in [2.75, 3.05) is 5.32 Å². The largest absolute Gasteiger partial charge is 0.364 e. The molecule has 0 fully saturated rings. The van der Waals surface area contributed by atoms with Crippen LogP contribution in [0.2, 0.25) is 0 Å². The van der Waals surface area contributed by atoms with Crippen molar-refractivity contribution in [3.8, 4) is 6.07 Å². The number of fused-ring (bicyclic) bond motifs is 1. The van der Waals surface area contributed by atoms with E-state index in [4.69, 9.17) is 0 Å². The van der Waals surface area contributed by atoms with Crippen LogP contribution in [-0.2, 0) is 16.4 Å². The molecular formula is C24H19FN4O2S. The Balaban J connectivity index is 1.79. The van der Waals surface area contributed by atoms with E-state index in [1.54, 1.807) is 48.5 Å². The summed E-state index contributed by atoms with van der Waals surface area (Å²) >= 11 is 0. The van der Waals surface area contributed by atoms with E-state index in [0.29, 0.717) is 11.0 Å². The van der Waals surface area contributed by atoms with Gasteiger partial charge in [-0.05, 0) is 48.9 Å². The average molecular weight is 447 g/mol. The molecule has 32 heavy (non-hydrogen) atoms. The zero-order chi connectivity index (χ0) is 22.7. The van der Waals surface area contributed by atoms with Crippen LogP contribution in [0.4, 0.5) is 10.2 Å². The number of aromatic nitrogens is 2. The molecule has 0 spiro atoms. The van der Waals surface area contributed by atoms with Crippen LogP contribution in [0.5, 0.6) is 0 Å². The first-order valence-electron chi connectivity index (χ1n) is 9.83. The summed E-state index contributed by atoms with van der Waals surface area (Å²) in [5.41, 5.74) is 2.73. The summed E-state index contributed by atoms with van der Waals surface area (Å²) in [5, 5.41) is 11.4. The molecule has 1 N–H and O–H groups in total. The quantitative estimate of drug-likeness (QED) is 0.460. The number of nitrogens with one attached hydrogen (secondary N) is 1. The number of halogens is 1. The predicted molar refractivity (Wildman–Crippen MR) is 120 cm³/mol. The Labute approximate surface area is 185 Å². The third-order valence-electron chi connectivity index (χ3n) is 5.00. The Morgan fingerprint density at radius 3 is 2.22 bits per heavy atom. The first kappa shape index (κ1) is 21.4. The lowest BCUT2D eigenvalue weighted by molar-refractivity contribution is 0.590. The van der Waals surface area contributed by atoms with Crippen molar-refractivity contribution in [3.63, 3.8) is 0 Å². The Hall–Kier alpha value is -3.83. The lowest BCUT2D eigenvalue weighted by Crippen LogP contribution is -2.17. The molecule has 1 atom stereocenters. The molecule has 1 unspecified atom stereocenters. The summed E-state index contributed by atoms with van der Waals surface area (Å²) in [6, 6.07) is 21.2. The highest BCUT2D eigenvalue weighted by Gasteiger charge is 2.33. The van der Waals surface area contributed by atoms with Gasteiger partial charge in [0.25, 0.3) is 0 Å². The second kappa shape index (κ2) is 8.73. The van der Waals surface area contributed by atoms with Gasteiger partial charge in [0.2, 0.25) is 9.84 Å². The molecule has 0 radical (unpaired) electrons. The molecule has 4 rings (SSSR count). The molecule has 0 aliphatic rings. The second-order valence-corrected chi connectivity index (χ2v) is 9.33. The van der Waals surface area contributed by atoms with Crippen molar-refractivity contribution in [1.29, 1.82) is 5.26 Å². The molecule has 0 saturated heterocycles. The van der Waals surface area contributed by atoms with Crippen LogP contribution >= 0.6 is 0 Å². The van der Waals surface area contributed by atoms with Crippen molar-refractivity contribution < 1.29 is 12.8 Å². The third kappa shape index (κ3) is 4.29. The van der Waals surface area contributed by atoms with E-state index < -0.39 is 15.1 Å². The minimum Gasteiger partial charge on any atom is -0.364 e. The van der Waals surface area contributed by atoms with E-state index in [1.807, 2.05) is 13.0 Å². The summed E-state index contributed by atoms with van der Waals surface area (Å²) < 4.78 is 39.8. The Bertz CT molecular complexity index is 1410. The minimum absolute atomic E-state index is 0.0221. The fraction of sp³-hybridized carbons (Fsp3) is 0.125. The summed E-state index contributed by atoms with van der Waals surface area (Å²) in [4.78, 5) is 9.07. The Morgan fingerprint density at radius 1 is 0.969 bits per heavy atom. The van der Waals surface area contributed by atoms with Gasteiger partial charge in [-0.3, -0.25) is 0 Å². The molecule has 0 amide bonds. The van der Waals surface area contributed by atoms with Gasteiger partial charge in [0.05, 0.1) is 22.0 Å². The number of nitrogens with zero attached hydrogens (tertiary/aromatic N) is 3. The van der Waals surface area contributed by atoms with Gasteiger partial charge in [0, 0.05) is 6.54 Å². The van der Waals surface area contributed by atoms with Gasteiger partial charge in [-0.1, -0.05) is 42.0 Å². The molecule has 0 aliphatic heterocycles. The van der Waals surface area contributed by atoms with Crippen molar-refractivity contribution in [2.24, 2.45) is 0 Å². The van der Waals surface area contributed by atoms with Crippen molar-refractivity contribution in [3.05, 3.63) is 95.4 Å². The molecule has 3 aromatic carbocycles. The van der Waals surface area contributed by atoms with E-state index >= 15 is 0 Å². The van der Waals surface area contributed by atoms with Gasteiger partial charge in [-0.25, -0.2) is 22.8 Å². The number of hydrogen-bond donors (Lipinski definition) is 1. The third-order valence-corrected chi connectivity index (χ3v) is 6.87. The first-order chi connectivity index (χ1) is 15.4. The van der Waals surface area contributed by atoms with Gasteiger partial charge >= 0.3 is 0 Å². The van der Waals surface area contributed by atoms with Gasteiger partial charge < -0.3 is 5.32 Å². The molecule has 1 aromatic heterocycles. The molecule has 6 nitrogen and oxygen atoms in total. The van der Waals surface area contributed by atoms with Crippen LogP contribution in [0.25, 0.3) is 11.0 Å². The Kier molecular flexibility index (Phi) is 5.84. The van der Waals surface area contributed by atoms with Crippen molar-refractivity contribution >= 4 is 26.7 Å². The summed E-state index contributed by atoms with van der Waals surface area (Å²) in [7, 11) is -4.05. The fourth-order valence-electron chi connectivity index (χ4n) is 3.26. The van der Waals surface area contributed by atoms with E-state index in [-0.39, 0.29) is 28.8 Å². The summed E-state index contributed by atoms with van der Waals surface area (Å²) in [6.07, 6.45) is 0. The van der Waals surface area contributed by atoms with Crippen LogP contribution in [0, 0.1) is 24.1 Å². The fourth-order valence-corrected chi connectivity index (χ4v) is 4.64. The molecule has 0 bridgehead atoms. The highest BCUT2D eigenvalue weighted by atomic mass is 32.2. The van der Waals surface area contributed by atoms with E-state index in [9.17, 15) is 18.1 Å². The number of aryl methyl sites for hydroxylation is 1. The lowest BCUT2D eigenvalue weighted by Gasteiger charge is -2.16. The smallest absolute Gasteiger partial charge is 0.200 e. The second-order valence-electron chi connectivity index (χ2n) is 7.29. The number of anilines is 1. The number of benzene rings is 3. The standard InChI is InChI=1S/C24H19FN4O2S/c1-16-6-12-19(13-7-16)32(30,31)22(14-26)23-24(27-15-17-8-10-18(25)11-9-17)29-21-5-3-2-4-20(21)28-23/h2-13,22H,15H2,1H3,(H,27,29). The number of hydrogen-bond acceptors (Lipinski definition) is 6. The van der Waals surface area contributed by atoms with Crippen LogP contribution in [0.1, 0.15) is 22.1 Å². The zero-order valence-corrected chi connectivity index (χ0v) is 18.0. The van der Waals surface area contributed by atoms with Gasteiger partial charge in [-0.2, -0.15) is 5.26 Å².